The van der Waals surface area contributed by atoms with Gasteiger partial charge in [-0.1, -0.05) is 30.3 Å². The molecule has 1 unspecified atom stereocenters. The van der Waals surface area contributed by atoms with Gasteiger partial charge in [0, 0.05) is 0 Å². The van der Waals surface area contributed by atoms with Gasteiger partial charge in [0.15, 0.2) is 11.7 Å². The minimum absolute atomic E-state index is 0.415. The van der Waals surface area contributed by atoms with Crippen molar-refractivity contribution in [3.8, 4) is 17.6 Å². The summed E-state index contributed by atoms with van der Waals surface area (Å²) in [5.74, 6) is -1.53. The lowest BCUT2D eigenvalue weighted by atomic mass is 10.0. The van der Waals surface area contributed by atoms with E-state index in [-0.39, 0.29) is 0 Å². The van der Waals surface area contributed by atoms with Crippen LogP contribution in [0, 0.1) is 17.2 Å². The number of nitriles is 1. The monoisotopic (exact) mass is 378 g/mol. The van der Waals surface area contributed by atoms with Crippen molar-refractivity contribution in [2.75, 3.05) is 18.5 Å². The van der Waals surface area contributed by atoms with Crippen molar-refractivity contribution in [2.45, 2.75) is 13.8 Å². The molecule has 0 spiro atoms. The molecule has 2 aromatic carbocycles. The number of amides is 1. The Balaban J connectivity index is 2.06. The zero-order valence-electron chi connectivity index (χ0n) is 15.8. The Morgan fingerprint density at radius 1 is 1.07 bits per heavy atom. The molecule has 0 saturated heterocycles. The van der Waals surface area contributed by atoms with Crippen LogP contribution in [0.4, 0.5) is 5.69 Å². The van der Waals surface area contributed by atoms with Crippen LogP contribution in [-0.4, -0.2) is 24.9 Å². The largest absolute Gasteiger partial charge is 0.494 e. The van der Waals surface area contributed by atoms with Gasteiger partial charge in [0.1, 0.15) is 11.5 Å². The maximum Gasteiger partial charge on any atom is 0.249 e. The van der Waals surface area contributed by atoms with Crippen molar-refractivity contribution in [1.82, 2.24) is 0 Å². The SMILES string of the molecule is CCOc1ccc(/C=C/C(=O)C(C#N)C(=O)Nc2ccccc2OCC)cc1. The summed E-state index contributed by atoms with van der Waals surface area (Å²) in [6, 6.07) is 15.8. The Hall–Kier alpha value is -3.59. The first-order valence-corrected chi connectivity index (χ1v) is 8.96. The number of hydrogen-bond acceptors (Lipinski definition) is 5. The quantitative estimate of drug-likeness (QED) is 0.529. The molecule has 0 saturated carbocycles. The Morgan fingerprint density at radius 2 is 1.75 bits per heavy atom. The van der Waals surface area contributed by atoms with Gasteiger partial charge in [-0.25, -0.2) is 0 Å². The summed E-state index contributed by atoms with van der Waals surface area (Å²) in [4.78, 5) is 24.7. The molecule has 1 amide bonds. The summed E-state index contributed by atoms with van der Waals surface area (Å²) in [7, 11) is 0. The van der Waals surface area contributed by atoms with Crippen LogP contribution in [-0.2, 0) is 9.59 Å². The topological polar surface area (TPSA) is 88.4 Å². The fourth-order valence-electron chi connectivity index (χ4n) is 2.42. The maximum atomic E-state index is 12.4. The highest BCUT2D eigenvalue weighted by atomic mass is 16.5. The molecule has 0 bridgehead atoms. The first kappa shape index (κ1) is 20.7. The van der Waals surface area contributed by atoms with Gasteiger partial charge in [-0.3, -0.25) is 9.59 Å². The molecule has 2 rings (SSSR count). The van der Waals surface area contributed by atoms with Crippen molar-refractivity contribution in [1.29, 1.82) is 5.26 Å². The minimum Gasteiger partial charge on any atom is -0.494 e. The van der Waals surface area contributed by atoms with E-state index >= 15 is 0 Å². The fraction of sp³-hybridized carbons (Fsp3) is 0.227. The number of allylic oxidation sites excluding steroid dienone is 1. The van der Waals surface area contributed by atoms with Crippen LogP contribution >= 0.6 is 0 Å². The summed E-state index contributed by atoms with van der Waals surface area (Å²) < 4.78 is 10.8. The van der Waals surface area contributed by atoms with Gasteiger partial charge in [-0.15, -0.1) is 0 Å². The molecule has 2 aromatic rings. The number of ketones is 1. The maximum absolute atomic E-state index is 12.4. The number of carbonyl (C=O) groups is 2. The van der Waals surface area contributed by atoms with E-state index in [2.05, 4.69) is 5.32 Å². The van der Waals surface area contributed by atoms with Crippen molar-refractivity contribution in [3.63, 3.8) is 0 Å². The van der Waals surface area contributed by atoms with E-state index in [1.165, 1.54) is 6.08 Å². The predicted molar refractivity (Wildman–Crippen MR) is 107 cm³/mol. The number of nitrogens with one attached hydrogen (secondary N) is 1. The highest BCUT2D eigenvalue weighted by molar-refractivity contribution is 6.14. The highest BCUT2D eigenvalue weighted by Gasteiger charge is 2.25. The Labute approximate surface area is 164 Å². The van der Waals surface area contributed by atoms with Crippen LogP contribution in [0.15, 0.2) is 54.6 Å². The summed E-state index contributed by atoms with van der Waals surface area (Å²) in [5.41, 5.74) is 1.17. The zero-order chi connectivity index (χ0) is 20.4. The molecule has 6 heteroatoms. The molecule has 0 radical (unpaired) electrons. The molecule has 28 heavy (non-hydrogen) atoms. The lowest BCUT2D eigenvalue weighted by Gasteiger charge is -2.12. The normalized spacial score (nSPS) is 11.5. The second-order valence-electron chi connectivity index (χ2n) is 5.72. The average Bonchev–Trinajstić information content (AvgIpc) is 2.70. The van der Waals surface area contributed by atoms with E-state index in [1.54, 1.807) is 60.7 Å². The number of ether oxygens (including phenoxy) is 2. The number of rotatable bonds is 9. The summed E-state index contributed by atoms with van der Waals surface area (Å²) >= 11 is 0. The third kappa shape index (κ3) is 5.71. The van der Waals surface area contributed by atoms with Crippen LogP contribution in [0.1, 0.15) is 19.4 Å². The minimum atomic E-state index is -1.45. The second kappa shape index (κ2) is 10.5. The van der Waals surface area contributed by atoms with E-state index in [4.69, 9.17) is 9.47 Å². The molecular weight excluding hydrogens is 356 g/mol. The van der Waals surface area contributed by atoms with Gasteiger partial charge in [-0.05, 0) is 49.8 Å². The molecule has 0 fully saturated rings. The van der Waals surface area contributed by atoms with Gasteiger partial charge in [0.05, 0.1) is 25.0 Å². The predicted octanol–water partition coefficient (Wildman–Crippen LogP) is 3.84. The average molecular weight is 378 g/mol. The number of nitrogens with zero attached hydrogens (tertiary/aromatic N) is 1. The first-order chi connectivity index (χ1) is 13.6. The van der Waals surface area contributed by atoms with Gasteiger partial charge in [-0.2, -0.15) is 5.26 Å². The van der Waals surface area contributed by atoms with E-state index in [1.807, 2.05) is 13.8 Å². The first-order valence-electron chi connectivity index (χ1n) is 8.96. The molecule has 1 atom stereocenters. The molecule has 6 nitrogen and oxygen atoms in total. The molecular formula is C22H22N2O4. The van der Waals surface area contributed by atoms with Gasteiger partial charge in [0.25, 0.3) is 0 Å². The van der Waals surface area contributed by atoms with Gasteiger partial charge in [0.2, 0.25) is 5.91 Å². The standard InChI is InChI=1S/C22H22N2O4/c1-3-27-17-12-9-16(10-13-17)11-14-20(25)18(15-23)22(26)24-19-7-5-6-8-21(19)28-4-2/h5-14,18H,3-4H2,1-2H3,(H,24,26)/b14-11+. The molecule has 0 aliphatic carbocycles. The highest BCUT2D eigenvalue weighted by Crippen LogP contribution is 2.24. The van der Waals surface area contributed by atoms with Crippen molar-refractivity contribution < 1.29 is 19.1 Å². The number of carbonyl (C=O) groups excluding carboxylic acids is 2. The van der Waals surface area contributed by atoms with Crippen molar-refractivity contribution in [2.24, 2.45) is 5.92 Å². The van der Waals surface area contributed by atoms with E-state index < -0.39 is 17.6 Å². The third-order valence-corrected chi connectivity index (χ3v) is 3.75. The number of anilines is 1. The summed E-state index contributed by atoms with van der Waals surface area (Å²) in [5, 5.41) is 11.9. The Morgan fingerprint density at radius 3 is 2.39 bits per heavy atom. The lowest BCUT2D eigenvalue weighted by Crippen LogP contribution is -2.27. The van der Waals surface area contributed by atoms with Gasteiger partial charge >= 0.3 is 0 Å². The van der Waals surface area contributed by atoms with Crippen molar-refractivity contribution >= 4 is 23.5 Å². The molecule has 0 aliphatic heterocycles. The number of para-hydroxylation sites is 2. The van der Waals surface area contributed by atoms with Crippen LogP contribution < -0.4 is 14.8 Å². The van der Waals surface area contributed by atoms with E-state index in [0.717, 1.165) is 11.3 Å². The Kier molecular flexibility index (Phi) is 7.79. The van der Waals surface area contributed by atoms with Crippen LogP contribution in [0.25, 0.3) is 6.08 Å². The van der Waals surface area contributed by atoms with Crippen molar-refractivity contribution in [3.05, 3.63) is 60.2 Å². The molecule has 144 valence electrons. The molecule has 0 aromatic heterocycles. The Bertz CT molecular complexity index is 882. The second-order valence-corrected chi connectivity index (χ2v) is 5.72. The van der Waals surface area contributed by atoms with Gasteiger partial charge < -0.3 is 14.8 Å². The molecule has 0 aliphatic rings. The summed E-state index contributed by atoms with van der Waals surface area (Å²) in [6.45, 7) is 4.72. The third-order valence-electron chi connectivity index (χ3n) is 3.75. The lowest BCUT2D eigenvalue weighted by molar-refractivity contribution is -0.126. The van der Waals surface area contributed by atoms with E-state index in [9.17, 15) is 14.9 Å². The summed E-state index contributed by atoms with van der Waals surface area (Å²) in [6.07, 6.45) is 2.79. The number of hydrogen-bond donors (Lipinski definition) is 1. The van der Waals surface area contributed by atoms with Crippen LogP contribution in [0.5, 0.6) is 11.5 Å². The molecule has 1 N–H and O–H groups in total. The molecule has 0 heterocycles. The number of benzene rings is 2. The fourth-order valence-corrected chi connectivity index (χ4v) is 2.42. The van der Waals surface area contributed by atoms with E-state index in [0.29, 0.717) is 24.7 Å². The smallest absolute Gasteiger partial charge is 0.249 e. The zero-order valence-corrected chi connectivity index (χ0v) is 15.8. The van der Waals surface area contributed by atoms with Crippen LogP contribution in [0.3, 0.4) is 0 Å². The van der Waals surface area contributed by atoms with Crippen LogP contribution in [0.2, 0.25) is 0 Å².